The average Bonchev–Trinajstić information content (AvgIpc) is 2.67. The van der Waals surface area contributed by atoms with Crippen molar-refractivity contribution in [2.75, 3.05) is 25.0 Å². The lowest BCUT2D eigenvalue weighted by Crippen LogP contribution is -2.35. The highest BCUT2D eigenvalue weighted by molar-refractivity contribution is 5.96. The van der Waals surface area contributed by atoms with Gasteiger partial charge in [0.1, 0.15) is 5.75 Å². The minimum atomic E-state index is -0.235. The van der Waals surface area contributed by atoms with Gasteiger partial charge >= 0.3 is 0 Å². The Balaban J connectivity index is 1.51. The van der Waals surface area contributed by atoms with Crippen LogP contribution in [0.5, 0.6) is 5.75 Å². The molecule has 0 aromatic heterocycles. The minimum absolute atomic E-state index is 0.0576. The lowest BCUT2D eigenvalue weighted by molar-refractivity contribution is -0.118. The summed E-state index contributed by atoms with van der Waals surface area (Å²) in [5, 5.41) is 2.78. The summed E-state index contributed by atoms with van der Waals surface area (Å²) < 4.78 is 5.49. The molecule has 2 amide bonds. The second-order valence-electron chi connectivity index (χ2n) is 6.58. The number of hydrogen-bond donors (Lipinski definition) is 1. The van der Waals surface area contributed by atoms with Crippen molar-refractivity contribution in [3.63, 3.8) is 0 Å². The number of benzene rings is 2. The van der Waals surface area contributed by atoms with Crippen LogP contribution < -0.4 is 10.1 Å². The van der Waals surface area contributed by atoms with Crippen LogP contribution in [0.15, 0.2) is 48.5 Å². The predicted molar refractivity (Wildman–Crippen MR) is 102 cm³/mol. The number of carbonyl (C=O) groups is 2. The van der Waals surface area contributed by atoms with Crippen LogP contribution in [0.1, 0.15) is 35.2 Å². The van der Waals surface area contributed by atoms with Crippen LogP contribution in [0.3, 0.4) is 0 Å². The molecule has 3 rings (SSSR count). The summed E-state index contributed by atoms with van der Waals surface area (Å²) >= 11 is 0. The highest BCUT2D eigenvalue weighted by atomic mass is 16.5. The molecule has 0 aliphatic carbocycles. The molecule has 1 heterocycles. The number of carbonyl (C=O) groups excluding carboxylic acids is 2. The largest absolute Gasteiger partial charge is 0.484 e. The Hall–Kier alpha value is -2.82. The first-order valence-electron chi connectivity index (χ1n) is 9.00. The summed E-state index contributed by atoms with van der Waals surface area (Å²) in [6.45, 7) is 3.57. The predicted octanol–water partition coefficient (Wildman–Crippen LogP) is 3.64. The van der Waals surface area contributed by atoms with Crippen molar-refractivity contribution in [1.29, 1.82) is 0 Å². The van der Waals surface area contributed by atoms with Gasteiger partial charge in [-0.15, -0.1) is 0 Å². The fourth-order valence-electron chi connectivity index (χ4n) is 3.03. The Morgan fingerprint density at radius 3 is 2.46 bits per heavy atom. The number of nitrogens with one attached hydrogen (secondary N) is 1. The van der Waals surface area contributed by atoms with E-state index in [-0.39, 0.29) is 18.4 Å². The first-order valence-corrected chi connectivity index (χ1v) is 9.00. The van der Waals surface area contributed by atoms with Crippen molar-refractivity contribution in [3.05, 3.63) is 59.7 Å². The van der Waals surface area contributed by atoms with E-state index in [1.54, 1.807) is 24.3 Å². The summed E-state index contributed by atoms with van der Waals surface area (Å²) in [5.41, 5.74) is 2.39. The van der Waals surface area contributed by atoms with Crippen molar-refractivity contribution >= 4 is 17.5 Å². The molecular formula is C21H24N2O3. The van der Waals surface area contributed by atoms with Crippen molar-refractivity contribution in [3.8, 4) is 5.75 Å². The Labute approximate surface area is 154 Å². The molecule has 136 valence electrons. The summed E-state index contributed by atoms with van der Waals surface area (Å²) in [6, 6.07) is 14.6. The van der Waals surface area contributed by atoms with E-state index in [1.165, 1.54) is 6.42 Å². The van der Waals surface area contributed by atoms with Crippen molar-refractivity contribution in [1.82, 2.24) is 4.90 Å². The molecule has 2 aromatic rings. The van der Waals surface area contributed by atoms with Crippen LogP contribution in [-0.4, -0.2) is 36.4 Å². The fraction of sp³-hybridized carbons (Fsp3) is 0.333. The third kappa shape index (κ3) is 4.85. The van der Waals surface area contributed by atoms with Gasteiger partial charge in [-0.2, -0.15) is 0 Å². The second-order valence-corrected chi connectivity index (χ2v) is 6.58. The molecule has 0 unspecified atom stereocenters. The number of ether oxygens (including phenoxy) is 1. The number of anilines is 1. The van der Waals surface area contributed by atoms with Gasteiger partial charge < -0.3 is 15.0 Å². The Kier molecular flexibility index (Phi) is 5.89. The first-order chi connectivity index (χ1) is 12.6. The maximum Gasteiger partial charge on any atom is 0.262 e. The molecule has 0 saturated carbocycles. The lowest BCUT2D eigenvalue weighted by Gasteiger charge is -2.26. The number of piperidine rings is 1. The van der Waals surface area contributed by atoms with Crippen molar-refractivity contribution in [2.45, 2.75) is 26.2 Å². The summed E-state index contributed by atoms with van der Waals surface area (Å²) in [7, 11) is 0. The molecule has 26 heavy (non-hydrogen) atoms. The Morgan fingerprint density at radius 2 is 1.77 bits per heavy atom. The number of rotatable bonds is 5. The van der Waals surface area contributed by atoms with Crippen LogP contribution >= 0.6 is 0 Å². The number of aryl methyl sites for hydroxylation is 1. The van der Waals surface area contributed by atoms with Crippen LogP contribution in [-0.2, 0) is 4.79 Å². The quantitative estimate of drug-likeness (QED) is 0.894. The van der Waals surface area contributed by atoms with Crippen LogP contribution in [0, 0.1) is 6.92 Å². The average molecular weight is 352 g/mol. The molecule has 5 heteroatoms. The monoisotopic (exact) mass is 352 g/mol. The highest BCUT2D eigenvalue weighted by Gasteiger charge is 2.18. The zero-order chi connectivity index (χ0) is 18.4. The van der Waals surface area contributed by atoms with Gasteiger partial charge in [0, 0.05) is 24.3 Å². The fourth-order valence-corrected chi connectivity index (χ4v) is 3.03. The summed E-state index contributed by atoms with van der Waals surface area (Å²) in [5.74, 6) is 0.495. The van der Waals surface area contributed by atoms with E-state index in [9.17, 15) is 9.59 Å². The van der Waals surface area contributed by atoms with Gasteiger partial charge in [0.2, 0.25) is 0 Å². The van der Waals surface area contributed by atoms with Gasteiger partial charge in [0.15, 0.2) is 6.61 Å². The summed E-state index contributed by atoms with van der Waals surface area (Å²) in [4.78, 5) is 26.4. The van der Waals surface area contributed by atoms with E-state index >= 15 is 0 Å². The molecule has 0 spiro atoms. The van der Waals surface area contributed by atoms with Crippen molar-refractivity contribution in [2.24, 2.45) is 0 Å². The van der Waals surface area contributed by atoms with E-state index in [2.05, 4.69) is 5.32 Å². The molecule has 0 radical (unpaired) electrons. The molecule has 1 fully saturated rings. The molecule has 1 saturated heterocycles. The van der Waals surface area contributed by atoms with Gasteiger partial charge in [-0.05, 0) is 68.1 Å². The van der Waals surface area contributed by atoms with Crippen LogP contribution in [0.4, 0.5) is 5.69 Å². The third-order valence-electron chi connectivity index (χ3n) is 4.42. The van der Waals surface area contributed by atoms with E-state index in [0.717, 1.165) is 31.5 Å². The van der Waals surface area contributed by atoms with Gasteiger partial charge in [-0.3, -0.25) is 9.59 Å². The number of amides is 2. The van der Waals surface area contributed by atoms with E-state index in [4.69, 9.17) is 4.74 Å². The van der Waals surface area contributed by atoms with Gasteiger partial charge in [-0.1, -0.05) is 12.1 Å². The zero-order valence-corrected chi connectivity index (χ0v) is 15.0. The van der Waals surface area contributed by atoms with E-state index < -0.39 is 0 Å². The molecule has 1 aliphatic heterocycles. The molecular weight excluding hydrogens is 328 g/mol. The molecule has 1 N–H and O–H groups in total. The maximum atomic E-state index is 12.4. The standard InChI is InChI=1S/C21H24N2O3/c1-16-6-5-7-19(14-16)26-15-20(24)22-18-10-8-17(9-11-18)21(25)23-12-3-2-4-13-23/h5-11,14H,2-4,12-13,15H2,1H3,(H,22,24). The third-order valence-corrected chi connectivity index (χ3v) is 4.42. The van der Waals surface area contributed by atoms with Crippen molar-refractivity contribution < 1.29 is 14.3 Å². The van der Waals surface area contributed by atoms with Gasteiger partial charge in [0.05, 0.1) is 0 Å². The molecule has 5 nitrogen and oxygen atoms in total. The zero-order valence-electron chi connectivity index (χ0n) is 15.0. The number of likely N-dealkylation sites (tertiary alicyclic amines) is 1. The smallest absolute Gasteiger partial charge is 0.262 e. The van der Waals surface area contributed by atoms with E-state index in [1.807, 2.05) is 36.1 Å². The summed E-state index contributed by atoms with van der Waals surface area (Å²) in [6.07, 6.45) is 3.33. The van der Waals surface area contributed by atoms with Gasteiger partial charge in [-0.25, -0.2) is 0 Å². The van der Waals surface area contributed by atoms with E-state index in [0.29, 0.717) is 17.0 Å². The molecule has 2 aromatic carbocycles. The highest BCUT2D eigenvalue weighted by Crippen LogP contribution is 2.16. The molecule has 0 atom stereocenters. The molecule has 0 bridgehead atoms. The lowest BCUT2D eigenvalue weighted by atomic mass is 10.1. The number of hydrogen-bond acceptors (Lipinski definition) is 3. The first kappa shape index (κ1) is 18.0. The minimum Gasteiger partial charge on any atom is -0.484 e. The maximum absolute atomic E-state index is 12.4. The van der Waals surface area contributed by atoms with Crippen LogP contribution in [0.2, 0.25) is 0 Å². The normalized spacial score (nSPS) is 14.0. The Bertz CT molecular complexity index is 765. The SMILES string of the molecule is Cc1cccc(OCC(=O)Nc2ccc(C(=O)N3CCCCC3)cc2)c1. The number of nitrogens with zero attached hydrogens (tertiary/aromatic N) is 1. The Morgan fingerprint density at radius 1 is 1.04 bits per heavy atom. The second kappa shape index (κ2) is 8.52. The topological polar surface area (TPSA) is 58.6 Å². The van der Waals surface area contributed by atoms with Gasteiger partial charge in [0.25, 0.3) is 11.8 Å². The van der Waals surface area contributed by atoms with Crippen LogP contribution in [0.25, 0.3) is 0 Å². The molecule has 1 aliphatic rings.